The van der Waals surface area contributed by atoms with E-state index >= 15 is 0 Å². The summed E-state index contributed by atoms with van der Waals surface area (Å²) < 4.78 is 22.3. The summed E-state index contributed by atoms with van der Waals surface area (Å²) in [7, 11) is -3.22. The van der Waals surface area contributed by atoms with Crippen LogP contribution in [0.4, 0.5) is 11.4 Å². The van der Waals surface area contributed by atoms with Crippen LogP contribution in [0.1, 0.15) is 17.3 Å². The number of carboxylic acids is 1. The molecule has 1 atom stereocenters. The van der Waals surface area contributed by atoms with Crippen LogP contribution in [0, 0.1) is 10.1 Å². The lowest BCUT2D eigenvalue weighted by Crippen LogP contribution is -2.26. The summed E-state index contributed by atoms with van der Waals surface area (Å²) in [6.07, 6.45) is 1.07. The predicted octanol–water partition coefficient (Wildman–Crippen LogP) is 1.14. The van der Waals surface area contributed by atoms with Gasteiger partial charge in [0.15, 0.2) is 0 Å². The summed E-state index contributed by atoms with van der Waals surface area (Å²) in [5, 5.41) is 22.4. The summed E-state index contributed by atoms with van der Waals surface area (Å²) in [5.74, 6) is -1.51. The van der Waals surface area contributed by atoms with Crippen molar-refractivity contribution in [3.05, 3.63) is 33.9 Å². The zero-order valence-electron chi connectivity index (χ0n) is 10.9. The molecule has 1 aromatic carbocycles. The number of hydrogen-bond acceptors (Lipinski definition) is 6. The van der Waals surface area contributed by atoms with Crippen molar-refractivity contribution in [1.82, 2.24) is 0 Å². The second-order valence-electron chi connectivity index (χ2n) is 4.43. The number of nitrogens with one attached hydrogen (secondary N) is 1. The molecule has 110 valence electrons. The maximum absolute atomic E-state index is 11.1. The predicted molar refractivity (Wildman–Crippen MR) is 72.9 cm³/mol. The van der Waals surface area contributed by atoms with Crippen molar-refractivity contribution in [2.75, 3.05) is 17.3 Å². The molecule has 9 heteroatoms. The van der Waals surface area contributed by atoms with E-state index in [2.05, 4.69) is 5.32 Å². The number of hydrogen-bond donors (Lipinski definition) is 2. The molecule has 0 radical (unpaired) electrons. The Morgan fingerprint density at radius 1 is 1.50 bits per heavy atom. The summed E-state index contributed by atoms with van der Waals surface area (Å²) in [5.41, 5.74) is -0.484. The van der Waals surface area contributed by atoms with Gasteiger partial charge in [0.05, 0.1) is 16.2 Å². The quantitative estimate of drug-likeness (QED) is 0.595. The third kappa shape index (κ3) is 4.50. The molecule has 8 nitrogen and oxygen atoms in total. The van der Waals surface area contributed by atoms with E-state index in [1.165, 1.54) is 6.07 Å². The highest BCUT2D eigenvalue weighted by Crippen LogP contribution is 2.23. The first-order valence-corrected chi connectivity index (χ1v) is 7.62. The van der Waals surface area contributed by atoms with E-state index in [0.29, 0.717) is 0 Å². The third-order valence-electron chi connectivity index (χ3n) is 2.40. The van der Waals surface area contributed by atoms with Gasteiger partial charge in [0.2, 0.25) is 0 Å². The number of rotatable bonds is 6. The molecule has 1 aromatic rings. The van der Waals surface area contributed by atoms with Crippen molar-refractivity contribution in [3.8, 4) is 0 Å². The van der Waals surface area contributed by atoms with E-state index in [1.807, 2.05) is 0 Å². The van der Waals surface area contributed by atoms with Crippen LogP contribution in [0.15, 0.2) is 18.2 Å². The molecule has 1 unspecified atom stereocenters. The number of nitrogens with zero attached hydrogens (tertiary/aromatic N) is 1. The highest BCUT2D eigenvalue weighted by atomic mass is 32.2. The Balaban J connectivity index is 3.06. The van der Waals surface area contributed by atoms with Crippen LogP contribution in [0.3, 0.4) is 0 Å². The van der Waals surface area contributed by atoms with E-state index in [-0.39, 0.29) is 22.7 Å². The fourth-order valence-electron chi connectivity index (χ4n) is 1.71. The zero-order chi connectivity index (χ0) is 15.5. The molecule has 1 rings (SSSR count). The number of aromatic carboxylic acids is 1. The first-order chi connectivity index (χ1) is 9.10. The number of sulfone groups is 1. The van der Waals surface area contributed by atoms with Crippen LogP contribution in [0.2, 0.25) is 0 Å². The molecule has 0 amide bonds. The molecule has 0 saturated carbocycles. The molecule has 0 bridgehead atoms. The van der Waals surface area contributed by atoms with Gasteiger partial charge in [-0.2, -0.15) is 0 Å². The molecule has 0 aliphatic rings. The lowest BCUT2D eigenvalue weighted by molar-refractivity contribution is -0.384. The normalized spacial score (nSPS) is 12.7. The van der Waals surface area contributed by atoms with Gasteiger partial charge < -0.3 is 10.4 Å². The maximum atomic E-state index is 11.1. The average molecular weight is 302 g/mol. The highest BCUT2D eigenvalue weighted by Gasteiger charge is 2.18. The van der Waals surface area contributed by atoms with Gasteiger partial charge in [-0.3, -0.25) is 10.1 Å². The third-order valence-corrected chi connectivity index (χ3v) is 3.50. The summed E-state index contributed by atoms with van der Waals surface area (Å²) >= 11 is 0. The Labute approximate surface area is 115 Å². The summed E-state index contributed by atoms with van der Waals surface area (Å²) in [6.45, 7) is 1.58. The topological polar surface area (TPSA) is 127 Å². The second-order valence-corrected chi connectivity index (χ2v) is 6.61. The largest absolute Gasteiger partial charge is 0.478 e. The smallest absolute Gasteiger partial charge is 0.338 e. The van der Waals surface area contributed by atoms with Gasteiger partial charge in [-0.05, 0) is 13.0 Å². The average Bonchev–Trinajstić information content (AvgIpc) is 2.25. The molecule has 0 spiro atoms. The lowest BCUT2D eigenvalue weighted by atomic mass is 10.1. The second kappa shape index (κ2) is 5.87. The number of carboxylic acid groups (broad SMARTS) is 1. The highest BCUT2D eigenvalue weighted by molar-refractivity contribution is 7.90. The minimum absolute atomic E-state index is 0.138. The molecule has 20 heavy (non-hydrogen) atoms. The van der Waals surface area contributed by atoms with Crippen LogP contribution in [-0.2, 0) is 9.84 Å². The SMILES string of the molecule is CC(CS(C)(=O)=O)Nc1ccc([N+](=O)[O-])cc1C(=O)O. The van der Waals surface area contributed by atoms with Gasteiger partial charge in [-0.1, -0.05) is 0 Å². The van der Waals surface area contributed by atoms with E-state index in [0.717, 1.165) is 18.4 Å². The Morgan fingerprint density at radius 3 is 2.55 bits per heavy atom. The number of carbonyl (C=O) groups is 1. The van der Waals surface area contributed by atoms with Crippen LogP contribution in [0.25, 0.3) is 0 Å². The van der Waals surface area contributed by atoms with Gasteiger partial charge in [0.1, 0.15) is 9.84 Å². The van der Waals surface area contributed by atoms with Gasteiger partial charge in [-0.15, -0.1) is 0 Å². The van der Waals surface area contributed by atoms with Gasteiger partial charge in [0.25, 0.3) is 5.69 Å². The van der Waals surface area contributed by atoms with Crippen LogP contribution in [-0.4, -0.2) is 42.5 Å². The fourth-order valence-corrected chi connectivity index (χ4v) is 2.70. The monoisotopic (exact) mass is 302 g/mol. The minimum Gasteiger partial charge on any atom is -0.478 e. The van der Waals surface area contributed by atoms with Crippen molar-refractivity contribution in [2.45, 2.75) is 13.0 Å². The molecule has 0 aromatic heterocycles. The molecule has 0 saturated heterocycles. The van der Waals surface area contributed by atoms with E-state index < -0.39 is 26.8 Å². The molecule has 0 aliphatic carbocycles. The molecule has 0 aliphatic heterocycles. The molecular weight excluding hydrogens is 288 g/mol. The maximum Gasteiger partial charge on any atom is 0.338 e. The van der Waals surface area contributed by atoms with Crippen molar-refractivity contribution < 1.29 is 23.2 Å². The standard InChI is InChI=1S/C11H14N2O6S/c1-7(6-20(2,18)19)12-10-4-3-8(13(16)17)5-9(10)11(14)15/h3-5,7,12H,6H2,1-2H3,(H,14,15). The number of nitro benzene ring substituents is 1. The summed E-state index contributed by atoms with van der Waals surface area (Å²) in [4.78, 5) is 21.0. The molecule has 0 fully saturated rings. The number of nitro groups is 1. The van der Waals surface area contributed by atoms with Crippen LogP contribution >= 0.6 is 0 Å². The van der Waals surface area contributed by atoms with E-state index in [1.54, 1.807) is 6.92 Å². The van der Waals surface area contributed by atoms with Crippen LogP contribution < -0.4 is 5.32 Å². The number of non-ortho nitro benzene ring substituents is 1. The fraction of sp³-hybridized carbons (Fsp3) is 0.364. The van der Waals surface area contributed by atoms with Crippen molar-refractivity contribution in [1.29, 1.82) is 0 Å². The van der Waals surface area contributed by atoms with E-state index in [4.69, 9.17) is 5.11 Å². The molecular formula is C11H14N2O6S. The zero-order valence-corrected chi connectivity index (χ0v) is 11.7. The van der Waals surface area contributed by atoms with Gasteiger partial charge in [-0.25, -0.2) is 13.2 Å². The van der Waals surface area contributed by atoms with E-state index in [9.17, 15) is 23.3 Å². The Bertz CT molecular complexity index is 640. The van der Waals surface area contributed by atoms with Crippen molar-refractivity contribution in [2.24, 2.45) is 0 Å². The van der Waals surface area contributed by atoms with Gasteiger partial charge >= 0.3 is 5.97 Å². The van der Waals surface area contributed by atoms with Gasteiger partial charge in [0, 0.05) is 30.1 Å². The molecule has 2 N–H and O–H groups in total. The number of benzene rings is 1. The first-order valence-electron chi connectivity index (χ1n) is 5.56. The minimum atomic E-state index is -3.22. The first kappa shape index (κ1) is 15.9. The van der Waals surface area contributed by atoms with Crippen molar-refractivity contribution in [3.63, 3.8) is 0 Å². The Kier molecular flexibility index (Phi) is 4.66. The number of anilines is 1. The Hall–Kier alpha value is -2.16. The molecule has 0 heterocycles. The summed E-state index contributed by atoms with van der Waals surface area (Å²) in [6, 6.07) is 2.81. The van der Waals surface area contributed by atoms with Crippen molar-refractivity contribution >= 4 is 27.2 Å². The van der Waals surface area contributed by atoms with Crippen LogP contribution in [0.5, 0.6) is 0 Å². The lowest BCUT2D eigenvalue weighted by Gasteiger charge is -2.15. The Morgan fingerprint density at radius 2 is 2.10 bits per heavy atom.